The van der Waals surface area contributed by atoms with E-state index in [9.17, 15) is 9.90 Å². The Bertz CT molecular complexity index is 553. The fourth-order valence-corrected chi connectivity index (χ4v) is 2.67. The molecule has 3 heterocycles. The average Bonchev–Trinajstić information content (AvgIpc) is 2.53. The molecule has 2 aliphatic heterocycles. The second-order valence-corrected chi connectivity index (χ2v) is 5.39. The van der Waals surface area contributed by atoms with Crippen molar-refractivity contribution in [2.45, 2.75) is 25.1 Å². The largest absolute Gasteiger partial charge is 0.486 e. The molecule has 8 nitrogen and oxygen atoms in total. The Hall–Kier alpha value is -2.06. The highest BCUT2D eigenvalue weighted by Gasteiger charge is 2.29. The van der Waals surface area contributed by atoms with E-state index < -0.39 is 12.2 Å². The van der Waals surface area contributed by atoms with Gasteiger partial charge in [0.05, 0.1) is 24.5 Å². The Kier molecular flexibility index (Phi) is 4.30. The van der Waals surface area contributed by atoms with Crippen LogP contribution in [0.1, 0.15) is 12.1 Å². The van der Waals surface area contributed by atoms with E-state index in [0.717, 1.165) is 5.69 Å². The number of β-amino-alcohol motifs (C(OH)–C–C–N with tert-alkyl or cyclic N) is 1. The first-order valence-corrected chi connectivity index (χ1v) is 7.27. The Labute approximate surface area is 127 Å². The molecule has 2 atom stereocenters. The van der Waals surface area contributed by atoms with Gasteiger partial charge < -0.3 is 29.9 Å². The zero-order chi connectivity index (χ0) is 15.5. The molecule has 22 heavy (non-hydrogen) atoms. The molecule has 1 fully saturated rings. The Morgan fingerprint density at radius 3 is 2.91 bits per heavy atom. The van der Waals surface area contributed by atoms with Crippen LogP contribution in [-0.4, -0.2) is 64.6 Å². The molecule has 3 N–H and O–H groups in total. The third-order valence-corrected chi connectivity index (χ3v) is 3.88. The van der Waals surface area contributed by atoms with E-state index in [2.05, 4.69) is 10.3 Å². The minimum absolute atomic E-state index is 0.127. The molecule has 0 saturated carbocycles. The van der Waals surface area contributed by atoms with Crippen molar-refractivity contribution in [3.63, 3.8) is 0 Å². The SMILES string of the molecule is O=C(O)N1CC[C@@H](NCc2cc3c(cn2)OCCO3)[C@H](O)C1. The van der Waals surface area contributed by atoms with Gasteiger partial charge in [-0.05, 0) is 6.42 Å². The zero-order valence-corrected chi connectivity index (χ0v) is 12.1. The van der Waals surface area contributed by atoms with Gasteiger partial charge in [-0.3, -0.25) is 4.98 Å². The molecule has 3 rings (SSSR count). The van der Waals surface area contributed by atoms with Crippen LogP contribution in [0.15, 0.2) is 12.3 Å². The van der Waals surface area contributed by atoms with Gasteiger partial charge in [0.1, 0.15) is 13.2 Å². The number of fused-ring (bicyclic) bond motifs is 1. The van der Waals surface area contributed by atoms with Gasteiger partial charge in [-0.2, -0.15) is 0 Å². The van der Waals surface area contributed by atoms with Crippen LogP contribution in [0.3, 0.4) is 0 Å². The molecule has 0 spiro atoms. The minimum atomic E-state index is -0.994. The van der Waals surface area contributed by atoms with Crippen LogP contribution in [0.2, 0.25) is 0 Å². The van der Waals surface area contributed by atoms with Crippen molar-refractivity contribution >= 4 is 6.09 Å². The van der Waals surface area contributed by atoms with Crippen LogP contribution >= 0.6 is 0 Å². The Morgan fingerprint density at radius 1 is 1.41 bits per heavy atom. The van der Waals surface area contributed by atoms with Crippen molar-refractivity contribution in [1.82, 2.24) is 15.2 Å². The number of aliphatic hydroxyl groups excluding tert-OH is 1. The number of pyridine rings is 1. The smallest absolute Gasteiger partial charge is 0.407 e. The summed E-state index contributed by atoms with van der Waals surface area (Å²) in [6.07, 6.45) is 0.487. The molecule has 1 saturated heterocycles. The van der Waals surface area contributed by atoms with Gasteiger partial charge in [-0.15, -0.1) is 0 Å². The standard InChI is InChI=1S/C14H19N3O5/c18-11-8-17(14(19)20)2-1-10(11)16-6-9-5-12-13(7-15-9)22-4-3-21-12/h5,7,10-11,16,18H,1-4,6,8H2,(H,19,20)/t10-,11-/m1/s1. The molecule has 0 bridgehead atoms. The molecule has 1 aromatic heterocycles. The number of ether oxygens (including phenoxy) is 2. The Balaban J connectivity index is 1.55. The molecule has 8 heteroatoms. The number of likely N-dealkylation sites (tertiary alicyclic amines) is 1. The number of piperidine rings is 1. The summed E-state index contributed by atoms with van der Waals surface area (Å²) in [5, 5.41) is 22.2. The monoisotopic (exact) mass is 309 g/mol. The van der Waals surface area contributed by atoms with Crippen molar-refractivity contribution in [2.24, 2.45) is 0 Å². The summed E-state index contributed by atoms with van der Waals surface area (Å²) in [7, 11) is 0. The van der Waals surface area contributed by atoms with Crippen LogP contribution in [0, 0.1) is 0 Å². The molecule has 0 radical (unpaired) electrons. The number of carboxylic acid groups (broad SMARTS) is 1. The van der Waals surface area contributed by atoms with E-state index in [4.69, 9.17) is 14.6 Å². The van der Waals surface area contributed by atoms with Gasteiger partial charge in [0.15, 0.2) is 11.5 Å². The lowest BCUT2D eigenvalue weighted by Gasteiger charge is -2.34. The zero-order valence-electron chi connectivity index (χ0n) is 12.1. The number of hydrogen-bond donors (Lipinski definition) is 3. The summed E-state index contributed by atoms with van der Waals surface area (Å²) in [4.78, 5) is 16.4. The number of aliphatic hydroxyl groups is 1. The molecule has 1 amide bonds. The van der Waals surface area contributed by atoms with E-state index in [-0.39, 0.29) is 12.6 Å². The maximum absolute atomic E-state index is 10.9. The van der Waals surface area contributed by atoms with Crippen LogP contribution in [0.5, 0.6) is 11.5 Å². The number of aromatic nitrogens is 1. The van der Waals surface area contributed by atoms with Crippen molar-refractivity contribution in [2.75, 3.05) is 26.3 Å². The number of hydrogen-bond acceptors (Lipinski definition) is 6. The van der Waals surface area contributed by atoms with Crippen LogP contribution in [0.4, 0.5) is 4.79 Å². The highest BCUT2D eigenvalue weighted by atomic mass is 16.6. The quantitative estimate of drug-likeness (QED) is 0.725. The summed E-state index contributed by atoms with van der Waals surface area (Å²) in [6.45, 7) is 2.07. The maximum atomic E-state index is 10.9. The van der Waals surface area contributed by atoms with Gasteiger partial charge in [-0.25, -0.2) is 4.79 Å². The molecule has 1 aromatic rings. The number of nitrogens with one attached hydrogen (secondary N) is 1. The van der Waals surface area contributed by atoms with Crippen molar-refractivity contribution in [1.29, 1.82) is 0 Å². The van der Waals surface area contributed by atoms with Crippen molar-refractivity contribution in [3.05, 3.63) is 18.0 Å². The van der Waals surface area contributed by atoms with E-state index in [0.29, 0.717) is 44.2 Å². The highest BCUT2D eigenvalue weighted by Crippen LogP contribution is 2.29. The molecular formula is C14H19N3O5. The van der Waals surface area contributed by atoms with E-state index in [1.54, 1.807) is 6.20 Å². The number of carbonyl (C=O) groups is 1. The lowest BCUT2D eigenvalue weighted by Crippen LogP contribution is -2.53. The van der Waals surface area contributed by atoms with E-state index in [1.165, 1.54) is 4.90 Å². The topological polar surface area (TPSA) is 104 Å². The third kappa shape index (κ3) is 3.23. The van der Waals surface area contributed by atoms with Crippen LogP contribution < -0.4 is 14.8 Å². The first-order chi connectivity index (χ1) is 10.6. The fraction of sp³-hybridized carbons (Fsp3) is 0.571. The first kappa shape index (κ1) is 14.9. The number of rotatable bonds is 3. The van der Waals surface area contributed by atoms with Crippen LogP contribution in [-0.2, 0) is 6.54 Å². The normalized spacial score (nSPS) is 24.1. The highest BCUT2D eigenvalue weighted by molar-refractivity contribution is 5.65. The number of nitrogens with zero attached hydrogens (tertiary/aromatic N) is 2. The lowest BCUT2D eigenvalue weighted by atomic mass is 10.0. The summed E-state index contributed by atoms with van der Waals surface area (Å²) >= 11 is 0. The maximum Gasteiger partial charge on any atom is 0.407 e. The van der Waals surface area contributed by atoms with Gasteiger partial charge in [0.2, 0.25) is 0 Å². The Morgan fingerprint density at radius 2 is 2.18 bits per heavy atom. The van der Waals surface area contributed by atoms with Crippen LogP contribution in [0.25, 0.3) is 0 Å². The molecule has 0 aromatic carbocycles. The average molecular weight is 309 g/mol. The van der Waals surface area contributed by atoms with Gasteiger partial charge in [-0.1, -0.05) is 0 Å². The molecule has 0 aliphatic carbocycles. The molecule has 2 aliphatic rings. The molecule has 0 unspecified atom stereocenters. The van der Waals surface area contributed by atoms with Gasteiger partial charge in [0, 0.05) is 25.2 Å². The lowest BCUT2D eigenvalue weighted by molar-refractivity contribution is 0.0406. The summed E-state index contributed by atoms with van der Waals surface area (Å²) in [5.41, 5.74) is 0.789. The fourth-order valence-electron chi connectivity index (χ4n) is 2.67. The van der Waals surface area contributed by atoms with Crippen molar-refractivity contribution < 1.29 is 24.5 Å². The third-order valence-electron chi connectivity index (χ3n) is 3.88. The predicted molar refractivity (Wildman–Crippen MR) is 76.1 cm³/mol. The molecule has 120 valence electrons. The second kappa shape index (κ2) is 6.37. The minimum Gasteiger partial charge on any atom is -0.486 e. The summed E-state index contributed by atoms with van der Waals surface area (Å²) < 4.78 is 10.9. The number of amides is 1. The van der Waals surface area contributed by atoms with Gasteiger partial charge >= 0.3 is 6.09 Å². The first-order valence-electron chi connectivity index (χ1n) is 7.27. The van der Waals surface area contributed by atoms with E-state index in [1.807, 2.05) is 6.07 Å². The van der Waals surface area contributed by atoms with Gasteiger partial charge in [0.25, 0.3) is 0 Å². The predicted octanol–water partition coefficient (Wildman–Crippen LogP) is 0.0556. The molecular weight excluding hydrogens is 290 g/mol. The summed E-state index contributed by atoms with van der Waals surface area (Å²) in [5.74, 6) is 1.32. The summed E-state index contributed by atoms with van der Waals surface area (Å²) in [6, 6.07) is 1.67. The van der Waals surface area contributed by atoms with E-state index >= 15 is 0 Å². The second-order valence-electron chi connectivity index (χ2n) is 5.39. The van der Waals surface area contributed by atoms with Crippen molar-refractivity contribution in [3.8, 4) is 11.5 Å².